The number of rotatable bonds is 3. The SMILES string of the molecule is Cn1cnc(C(=O)Cc2csc(Cl)c2)c1. The van der Waals surface area contributed by atoms with Gasteiger partial charge in [-0.3, -0.25) is 4.79 Å². The molecule has 0 N–H and O–H groups in total. The van der Waals surface area contributed by atoms with Crippen LogP contribution in [0.5, 0.6) is 0 Å². The summed E-state index contributed by atoms with van der Waals surface area (Å²) in [7, 11) is 1.84. The molecule has 2 rings (SSSR count). The summed E-state index contributed by atoms with van der Waals surface area (Å²) in [6.45, 7) is 0. The van der Waals surface area contributed by atoms with Crippen molar-refractivity contribution in [2.45, 2.75) is 6.42 Å². The lowest BCUT2D eigenvalue weighted by Gasteiger charge is -1.93. The van der Waals surface area contributed by atoms with Crippen LogP contribution in [0.2, 0.25) is 4.34 Å². The Balaban J connectivity index is 2.10. The molecule has 0 amide bonds. The Morgan fingerprint density at radius 1 is 1.67 bits per heavy atom. The van der Waals surface area contributed by atoms with Gasteiger partial charge < -0.3 is 4.57 Å². The van der Waals surface area contributed by atoms with Gasteiger partial charge in [-0.05, 0) is 17.0 Å². The highest BCUT2D eigenvalue weighted by atomic mass is 35.5. The van der Waals surface area contributed by atoms with Crippen LogP contribution in [0.1, 0.15) is 16.1 Å². The molecule has 5 heteroatoms. The molecule has 0 bridgehead atoms. The van der Waals surface area contributed by atoms with Crippen LogP contribution in [0, 0.1) is 0 Å². The van der Waals surface area contributed by atoms with Gasteiger partial charge in [0.05, 0.1) is 10.7 Å². The minimum atomic E-state index is 0.0186. The molecular formula is C10H9ClN2OS. The lowest BCUT2D eigenvalue weighted by Crippen LogP contribution is -2.02. The molecule has 0 radical (unpaired) electrons. The number of thiophene rings is 1. The fourth-order valence-electron chi connectivity index (χ4n) is 1.27. The summed E-state index contributed by atoms with van der Waals surface area (Å²) in [5.41, 5.74) is 1.44. The van der Waals surface area contributed by atoms with Crippen LogP contribution in [-0.2, 0) is 13.5 Å². The maximum absolute atomic E-state index is 11.7. The molecule has 2 heterocycles. The molecule has 0 fully saturated rings. The summed E-state index contributed by atoms with van der Waals surface area (Å²) in [4.78, 5) is 15.7. The van der Waals surface area contributed by atoms with Crippen molar-refractivity contribution in [1.29, 1.82) is 0 Å². The number of hydrogen-bond acceptors (Lipinski definition) is 3. The highest BCUT2D eigenvalue weighted by Gasteiger charge is 2.10. The van der Waals surface area contributed by atoms with Gasteiger partial charge in [0.2, 0.25) is 0 Å². The van der Waals surface area contributed by atoms with Crippen LogP contribution in [-0.4, -0.2) is 15.3 Å². The topological polar surface area (TPSA) is 34.9 Å². The quantitative estimate of drug-likeness (QED) is 0.773. The third kappa shape index (κ3) is 2.46. The van der Waals surface area contributed by atoms with Crippen molar-refractivity contribution in [3.05, 3.63) is 39.6 Å². The summed E-state index contributed by atoms with van der Waals surface area (Å²) < 4.78 is 2.47. The van der Waals surface area contributed by atoms with Gasteiger partial charge in [0.1, 0.15) is 5.69 Å². The van der Waals surface area contributed by atoms with E-state index < -0.39 is 0 Å². The van der Waals surface area contributed by atoms with Crippen molar-refractivity contribution in [3.63, 3.8) is 0 Å². The second kappa shape index (κ2) is 4.16. The second-order valence-corrected chi connectivity index (χ2v) is 4.83. The Hall–Kier alpha value is -1.13. The summed E-state index contributed by atoms with van der Waals surface area (Å²) >= 11 is 7.22. The standard InChI is InChI=1S/C10H9ClN2OS/c1-13-4-8(12-6-13)9(14)2-7-3-10(11)15-5-7/h3-6H,2H2,1H3. The molecule has 0 spiro atoms. The zero-order valence-electron chi connectivity index (χ0n) is 8.11. The first-order valence-electron chi connectivity index (χ1n) is 4.39. The Kier molecular flexibility index (Phi) is 2.88. The molecule has 78 valence electrons. The fourth-order valence-corrected chi connectivity index (χ4v) is 2.18. The molecule has 0 unspecified atom stereocenters. The fraction of sp³-hybridized carbons (Fsp3) is 0.200. The monoisotopic (exact) mass is 240 g/mol. The van der Waals surface area contributed by atoms with Crippen LogP contribution >= 0.6 is 22.9 Å². The zero-order chi connectivity index (χ0) is 10.8. The predicted octanol–water partition coefficient (Wildman–Crippen LogP) is 2.56. The first-order chi connectivity index (χ1) is 7.15. The average Bonchev–Trinajstić information content (AvgIpc) is 2.75. The molecule has 0 atom stereocenters. The maximum Gasteiger partial charge on any atom is 0.187 e. The van der Waals surface area contributed by atoms with Gasteiger partial charge in [0.15, 0.2) is 5.78 Å². The molecule has 0 aliphatic carbocycles. The van der Waals surface area contributed by atoms with E-state index >= 15 is 0 Å². The Bertz CT molecular complexity index is 489. The van der Waals surface area contributed by atoms with Crippen molar-refractivity contribution < 1.29 is 4.79 Å². The van der Waals surface area contributed by atoms with Crippen LogP contribution < -0.4 is 0 Å². The number of carbonyl (C=O) groups is 1. The number of Topliss-reactive ketones (excluding diaryl/α,β-unsaturated/α-hetero) is 1. The number of carbonyl (C=O) groups excluding carboxylic acids is 1. The normalized spacial score (nSPS) is 10.5. The van der Waals surface area contributed by atoms with Gasteiger partial charge in [-0.2, -0.15) is 0 Å². The van der Waals surface area contributed by atoms with E-state index in [-0.39, 0.29) is 5.78 Å². The van der Waals surface area contributed by atoms with E-state index in [1.807, 2.05) is 18.5 Å². The highest BCUT2D eigenvalue weighted by molar-refractivity contribution is 7.14. The number of aryl methyl sites for hydroxylation is 1. The van der Waals surface area contributed by atoms with Gasteiger partial charge in [0, 0.05) is 19.7 Å². The van der Waals surface area contributed by atoms with Crippen molar-refractivity contribution >= 4 is 28.7 Å². The summed E-state index contributed by atoms with van der Waals surface area (Å²) in [6.07, 6.45) is 3.70. The molecule has 0 aliphatic heterocycles. The van der Waals surface area contributed by atoms with Crippen molar-refractivity contribution in [2.75, 3.05) is 0 Å². The number of nitrogens with zero attached hydrogens (tertiary/aromatic N) is 2. The van der Waals surface area contributed by atoms with Gasteiger partial charge in [-0.15, -0.1) is 11.3 Å². The number of halogens is 1. The number of imidazole rings is 1. The molecule has 2 aromatic heterocycles. The van der Waals surface area contributed by atoms with Gasteiger partial charge in [0.25, 0.3) is 0 Å². The van der Waals surface area contributed by atoms with Gasteiger partial charge in [-0.1, -0.05) is 11.6 Å². The molecule has 2 aromatic rings. The van der Waals surface area contributed by atoms with E-state index in [0.29, 0.717) is 16.5 Å². The van der Waals surface area contributed by atoms with Crippen LogP contribution in [0.3, 0.4) is 0 Å². The number of aromatic nitrogens is 2. The maximum atomic E-state index is 11.7. The smallest absolute Gasteiger partial charge is 0.187 e. The second-order valence-electron chi connectivity index (χ2n) is 3.28. The van der Waals surface area contributed by atoms with Gasteiger partial charge >= 0.3 is 0 Å². The largest absolute Gasteiger partial charge is 0.340 e. The lowest BCUT2D eigenvalue weighted by atomic mass is 10.1. The van der Waals surface area contributed by atoms with E-state index in [1.165, 1.54) is 11.3 Å². The molecule has 0 saturated carbocycles. The number of hydrogen-bond donors (Lipinski definition) is 0. The molecule has 0 saturated heterocycles. The number of ketones is 1. The van der Waals surface area contributed by atoms with Crippen LogP contribution in [0.4, 0.5) is 0 Å². The lowest BCUT2D eigenvalue weighted by molar-refractivity contribution is 0.0988. The van der Waals surface area contributed by atoms with Crippen molar-refractivity contribution in [2.24, 2.45) is 7.05 Å². The van der Waals surface area contributed by atoms with E-state index in [9.17, 15) is 4.79 Å². The van der Waals surface area contributed by atoms with Crippen molar-refractivity contribution in [3.8, 4) is 0 Å². The third-order valence-electron chi connectivity index (χ3n) is 1.98. The zero-order valence-corrected chi connectivity index (χ0v) is 9.68. The summed E-state index contributed by atoms with van der Waals surface area (Å²) in [5, 5.41) is 1.89. The van der Waals surface area contributed by atoms with E-state index in [4.69, 9.17) is 11.6 Å². The van der Waals surface area contributed by atoms with Crippen molar-refractivity contribution in [1.82, 2.24) is 9.55 Å². The third-order valence-corrected chi connectivity index (χ3v) is 3.12. The Morgan fingerprint density at radius 2 is 2.47 bits per heavy atom. The minimum Gasteiger partial charge on any atom is -0.340 e. The Morgan fingerprint density at radius 3 is 3.00 bits per heavy atom. The first kappa shape index (κ1) is 10.4. The highest BCUT2D eigenvalue weighted by Crippen LogP contribution is 2.20. The van der Waals surface area contributed by atoms with E-state index in [2.05, 4.69) is 4.98 Å². The van der Waals surface area contributed by atoms with E-state index in [0.717, 1.165) is 5.56 Å². The average molecular weight is 241 g/mol. The molecule has 0 aromatic carbocycles. The summed E-state index contributed by atoms with van der Waals surface area (Å²) in [5.74, 6) is 0.0186. The summed E-state index contributed by atoms with van der Waals surface area (Å²) in [6, 6.07) is 1.81. The molecule has 15 heavy (non-hydrogen) atoms. The molecule has 0 aliphatic rings. The molecule has 3 nitrogen and oxygen atoms in total. The minimum absolute atomic E-state index is 0.0186. The Labute approximate surface area is 96.3 Å². The van der Waals surface area contributed by atoms with E-state index in [1.54, 1.807) is 17.1 Å². The predicted molar refractivity (Wildman–Crippen MR) is 60.6 cm³/mol. The van der Waals surface area contributed by atoms with Gasteiger partial charge in [-0.25, -0.2) is 4.98 Å². The molecular weight excluding hydrogens is 232 g/mol. The van der Waals surface area contributed by atoms with Crippen LogP contribution in [0.15, 0.2) is 24.0 Å². The van der Waals surface area contributed by atoms with Crippen LogP contribution in [0.25, 0.3) is 0 Å². The first-order valence-corrected chi connectivity index (χ1v) is 5.65.